The summed E-state index contributed by atoms with van der Waals surface area (Å²) in [5.41, 5.74) is 0. The fraction of sp³-hybridized carbons (Fsp3) is 0.714. The summed E-state index contributed by atoms with van der Waals surface area (Å²) < 4.78 is 0. The van der Waals surface area contributed by atoms with Crippen molar-refractivity contribution in [1.82, 2.24) is 9.97 Å². The SMILES string of the molecule is CCCN(CC1CC1)c1cc(NC)nc(CC)n1. The van der Waals surface area contributed by atoms with Crippen molar-refractivity contribution in [1.29, 1.82) is 0 Å². The first-order valence-corrected chi connectivity index (χ1v) is 7.07. The molecule has 1 aliphatic carbocycles. The van der Waals surface area contributed by atoms with Crippen LogP contribution < -0.4 is 10.2 Å². The number of nitrogens with zero attached hydrogens (tertiary/aromatic N) is 3. The zero-order valence-electron chi connectivity index (χ0n) is 11.7. The Morgan fingerprint density at radius 2 is 2.11 bits per heavy atom. The number of anilines is 2. The lowest BCUT2D eigenvalue weighted by atomic mass is 10.3. The van der Waals surface area contributed by atoms with E-state index >= 15 is 0 Å². The van der Waals surface area contributed by atoms with Crippen LogP contribution >= 0.6 is 0 Å². The smallest absolute Gasteiger partial charge is 0.134 e. The maximum atomic E-state index is 4.67. The maximum Gasteiger partial charge on any atom is 0.134 e. The van der Waals surface area contributed by atoms with Gasteiger partial charge in [0.1, 0.15) is 17.5 Å². The third kappa shape index (κ3) is 3.34. The van der Waals surface area contributed by atoms with Crippen molar-refractivity contribution in [3.63, 3.8) is 0 Å². The van der Waals surface area contributed by atoms with Crippen molar-refractivity contribution in [2.45, 2.75) is 39.5 Å². The average Bonchev–Trinajstić information content (AvgIpc) is 3.21. The normalized spacial score (nSPS) is 14.6. The minimum atomic E-state index is 0.881. The minimum Gasteiger partial charge on any atom is -0.373 e. The zero-order valence-corrected chi connectivity index (χ0v) is 11.7. The lowest BCUT2D eigenvalue weighted by Crippen LogP contribution is -2.28. The molecule has 1 N–H and O–H groups in total. The Labute approximate surface area is 110 Å². The molecule has 1 fully saturated rings. The molecule has 0 saturated heterocycles. The van der Waals surface area contributed by atoms with Gasteiger partial charge in [-0.1, -0.05) is 13.8 Å². The Bertz CT molecular complexity index is 365. The highest BCUT2D eigenvalue weighted by molar-refractivity contribution is 5.49. The molecule has 100 valence electrons. The van der Waals surface area contributed by atoms with Crippen molar-refractivity contribution < 1.29 is 0 Å². The molecule has 2 rings (SSSR count). The highest BCUT2D eigenvalue weighted by Gasteiger charge is 2.25. The molecular weight excluding hydrogens is 224 g/mol. The van der Waals surface area contributed by atoms with Gasteiger partial charge >= 0.3 is 0 Å². The molecule has 0 aromatic carbocycles. The largest absolute Gasteiger partial charge is 0.373 e. The summed E-state index contributed by atoms with van der Waals surface area (Å²) in [5.74, 6) is 3.82. The van der Waals surface area contributed by atoms with E-state index in [-0.39, 0.29) is 0 Å². The summed E-state index contributed by atoms with van der Waals surface area (Å²) in [4.78, 5) is 11.5. The van der Waals surface area contributed by atoms with Crippen LogP contribution in [0.15, 0.2) is 6.07 Å². The van der Waals surface area contributed by atoms with Crippen molar-refractivity contribution in [3.8, 4) is 0 Å². The van der Waals surface area contributed by atoms with E-state index < -0.39 is 0 Å². The molecule has 0 atom stereocenters. The van der Waals surface area contributed by atoms with Gasteiger partial charge in [-0.3, -0.25) is 0 Å². The van der Waals surface area contributed by atoms with E-state index in [0.717, 1.165) is 49.3 Å². The highest BCUT2D eigenvalue weighted by Crippen LogP contribution is 2.31. The second kappa shape index (κ2) is 6.03. The molecular formula is C14H24N4. The number of nitrogens with one attached hydrogen (secondary N) is 1. The van der Waals surface area contributed by atoms with Crippen molar-refractivity contribution >= 4 is 11.6 Å². The van der Waals surface area contributed by atoms with Crippen molar-refractivity contribution in [3.05, 3.63) is 11.9 Å². The summed E-state index contributed by atoms with van der Waals surface area (Å²) in [6.45, 7) is 6.56. The summed E-state index contributed by atoms with van der Waals surface area (Å²) in [5, 5.41) is 3.13. The molecule has 4 heteroatoms. The summed E-state index contributed by atoms with van der Waals surface area (Å²) in [6, 6.07) is 2.07. The molecule has 0 aliphatic heterocycles. The van der Waals surface area contributed by atoms with Crippen LogP contribution in [0.25, 0.3) is 0 Å². The quantitative estimate of drug-likeness (QED) is 0.805. The molecule has 0 bridgehead atoms. The Morgan fingerprint density at radius 1 is 1.33 bits per heavy atom. The van der Waals surface area contributed by atoms with Gasteiger partial charge in [0.05, 0.1) is 0 Å². The molecule has 0 radical (unpaired) electrons. The van der Waals surface area contributed by atoms with Gasteiger partial charge in [0, 0.05) is 32.6 Å². The number of hydrogen-bond acceptors (Lipinski definition) is 4. The molecule has 1 heterocycles. The predicted octanol–water partition coefficient (Wildman–Crippen LogP) is 2.71. The Hall–Kier alpha value is -1.32. The molecule has 0 amide bonds. The van der Waals surface area contributed by atoms with E-state index in [1.54, 1.807) is 0 Å². The van der Waals surface area contributed by atoms with Crippen LogP contribution in [-0.2, 0) is 6.42 Å². The Morgan fingerprint density at radius 3 is 2.67 bits per heavy atom. The van der Waals surface area contributed by atoms with Crippen molar-refractivity contribution in [2.75, 3.05) is 30.4 Å². The lowest BCUT2D eigenvalue weighted by Gasteiger charge is -2.24. The van der Waals surface area contributed by atoms with Crippen LogP contribution in [0.4, 0.5) is 11.6 Å². The van der Waals surface area contributed by atoms with Crippen LogP contribution in [0.3, 0.4) is 0 Å². The van der Waals surface area contributed by atoms with Gasteiger partial charge in [-0.05, 0) is 25.2 Å². The van der Waals surface area contributed by atoms with E-state index in [2.05, 4.69) is 40.1 Å². The second-order valence-electron chi connectivity index (χ2n) is 5.02. The van der Waals surface area contributed by atoms with Crippen LogP contribution in [0.5, 0.6) is 0 Å². The molecule has 0 unspecified atom stereocenters. The Balaban J connectivity index is 2.20. The van der Waals surface area contributed by atoms with Gasteiger partial charge in [-0.15, -0.1) is 0 Å². The van der Waals surface area contributed by atoms with Crippen LogP contribution in [0.1, 0.15) is 38.9 Å². The molecule has 0 spiro atoms. The molecule has 1 saturated carbocycles. The van der Waals surface area contributed by atoms with Gasteiger partial charge in [-0.25, -0.2) is 9.97 Å². The van der Waals surface area contributed by atoms with Gasteiger partial charge in [0.15, 0.2) is 0 Å². The first kappa shape index (κ1) is 13.1. The van der Waals surface area contributed by atoms with Crippen LogP contribution in [0.2, 0.25) is 0 Å². The average molecular weight is 248 g/mol. The van der Waals surface area contributed by atoms with Gasteiger partial charge in [0.25, 0.3) is 0 Å². The van der Waals surface area contributed by atoms with E-state index in [1.165, 1.54) is 12.8 Å². The van der Waals surface area contributed by atoms with Crippen molar-refractivity contribution in [2.24, 2.45) is 5.92 Å². The van der Waals surface area contributed by atoms with E-state index in [9.17, 15) is 0 Å². The zero-order chi connectivity index (χ0) is 13.0. The Kier molecular flexibility index (Phi) is 4.39. The fourth-order valence-electron chi connectivity index (χ4n) is 2.11. The number of hydrogen-bond donors (Lipinski definition) is 1. The topological polar surface area (TPSA) is 41.0 Å². The third-order valence-corrected chi connectivity index (χ3v) is 3.32. The highest BCUT2D eigenvalue weighted by atomic mass is 15.2. The monoisotopic (exact) mass is 248 g/mol. The van der Waals surface area contributed by atoms with E-state index in [0.29, 0.717) is 0 Å². The minimum absolute atomic E-state index is 0.881. The van der Waals surface area contributed by atoms with Crippen LogP contribution in [0, 0.1) is 5.92 Å². The van der Waals surface area contributed by atoms with E-state index in [1.807, 2.05) is 7.05 Å². The fourth-order valence-corrected chi connectivity index (χ4v) is 2.11. The molecule has 1 aromatic heterocycles. The van der Waals surface area contributed by atoms with Gasteiger partial charge in [0.2, 0.25) is 0 Å². The second-order valence-corrected chi connectivity index (χ2v) is 5.02. The van der Waals surface area contributed by atoms with Gasteiger partial charge < -0.3 is 10.2 Å². The summed E-state index contributed by atoms with van der Waals surface area (Å²) in [7, 11) is 1.91. The van der Waals surface area contributed by atoms with E-state index in [4.69, 9.17) is 0 Å². The maximum absolute atomic E-state index is 4.67. The number of aromatic nitrogens is 2. The first-order valence-electron chi connectivity index (χ1n) is 7.07. The number of aryl methyl sites for hydroxylation is 1. The first-order chi connectivity index (χ1) is 8.76. The van der Waals surface area contributed by atoms with Crippen LogP contribution in [-0.4, -0.2) is 30.1 Å². The molecule has 1 aliphatic rings. The lowest BCUT2D eigenvalue weighted by molar-refractivity contribution is 0.694. The number of rotatable bonds is 7. The molecule has 1 aromatic rings. The standard InChI is InChI=1S/C14H24N4/c1-4-8-18(10-11-6-7-11)14-9-13(15-3)16-12(5-2)17-14/h9,11H,4-8,10H2,1-3H3,(H,15,16,17). The molecule has 4 nitrogen and oxygen atoms in total. The summed E-state index contributed by atoms with van der Waals surface area (Å²) in [6.07, 6.45) is 4.80. The third-order valence-electron chi connectivity index (χ3n) is 3.32. The summed E-state index contributed by atoms with van der Waals surface area (Å²) >= 11 is 0. The van der Waals surface area contributed by atoms with Gasteiger partial charge in [-0.2, -0.15) is 0 Å². The molecule has 18 heavy (non-hydrogen) atoms. The predicted molar refractivity (Wildman–Crippen MR) is 76.2 cm³/mol.